The number of ether oxygens (including phenoxy) is 2. The number of aryl methyl sites for hydroxylation is 1. The van der Waals surface area contributed by atoms with Crippen molar-refractivity contribution < 1.29 is 23.3 Å². The molecule has 4 heterocycles. The Morgan fingerprint density at radius 2 is 1.83 bits per heavy atom. The highest BCUT2D eigenvalue weighted by Crippen LogP contribution is 2.39. The average molecular weight is 592 g/mol. The molecule has 3 unspecified atom stereocenters. The number of hydrogen-bond acceptors (Lipinski definition) is 6. The molecule has 3 aliphatic heterocycles. The number of carbonyl (C=O) groups excluding carboxylic acids is 2. The van der Waals surface area contributed by atoms with Gasteiger partial charge >= 0.3 is 0 Å². The van der Waals surface area contributed by atoms with E-state index in [1.54, 1.807) is 25.1 Å². The van der Waals surface area contributed by atoms with Crippen molar-refractivity contribution in [2.45, 2.75) is 50.4 Å². The van der Waals surface area contributed by atoms with E-state index >= 15 is 0 Å². The Hall–Kier alpha value is -3.83. The first kappa shape index (κ1) is 28.3. The molecule has 4 fully saturated rings. The highest BCUT2D eigenvalue weighted by molar-refractivity contribution is 7.97. The van der Waals surface area contributed by atoms with Crippen molar-refractivity contribution in [1.82, 2.24) is 24.3 Å². The third-order valence-corrected chi connectivity index (χ3v) is 9.77. The number of nitrogens with zero attached hydrogens (tertiary/aromatic N) is 4. The molecule has 3 atom stereocenters. The monoisotopic (exact) mass is 591 g/mol. The number of piperidine rings is 1. The molecule has 42 heavy (non-hydrogen) atoms. The normalized spacial score (nSPS) is 21.3. The van der Waals surface area contributed by atoms with Gasteiger partial charge in [-0.15, -0.1) is 0 Å². The maximum atomic E-state index is 13.1. The quantitative estimate of drug-likeness (QED) is 0.364. The third kappa shape index (κ3) is 5.63. The van der Waals surface area contributed by atoms with Crippen molar-refractivity contribution in [3.05, 3.63) is 76.6 Å². The first-order chi connectivity index (χ1) is 20.1. The van der Waals surface area contributed by atoms with Gasteiger partial charge in [0, 0.05) is 71.8 Å². The fourth-order valence-electron chi connectivity index (χ4n) is 6.05. The van der Waals surface area contributed by atoms with E-state index < -0.39 is 9.71 Å². The van der Waals surface area contributed by atoms with Crippen molar-refractivity contribution in [3.63, 3.8) is 0 Å². The minimum atomic E-state index is -2.25. The standard InChI is InChI=1S/C31H37N5O5S/c1-34-27(15-26(33-34)21-12-13-21)30(37)32-16-23-6-5-7-28(29(23)40-2)41-19-20-8-10-22(11-9-20)31(38)35-17-24-14-25(18-35)36(24)42(3,4)39/h5-11,15,21,24-25H,3,12-14,16-19H2,1-2,4H3,(H,32,37). The molecular formula is C31H37N5O5S. The van der Waals surface area contributed by atoms with E-state index in [-0.39, 0.29) is 37.0 Å². The molecule has 222 valence electrons. The summed E-state index contributed by atoms with van der Waals surface area (Å²) < 4.78 is 27.8. The van der Waals surface area contributed by atoms with Crippen LogP contribution in [0.25, 0.3) is 0 Å². The van der Waals surface area contributed by atoms with Gasteiger partial charge in [-0.2, -0.15) is 5.10 Å². The third-order valence-electron chi connectivity index (χ3n) is 8.29. The second kappa shape index (κ2) is 11.1. The zero-order chi connectivity index (χ0) is 29.6. The van der Waals surface area contributed by atoms with Crippen LogP contribution < -0.4 is 14.8 Å². The first-order valence-corrected chi connectivity index (χ1v) is 16.3. The van der Waals surface area contributed by atoms with E-state index in [0.717, 1.165) is 36.1 Å². The molecule has 1 N–H and O–H groups in total. The molecule has 0 spiro atoms. The van der Waals surface area contributed by atoms with Crippen LogP contribution in [0.2, 0.25) is 0 Å². The first-order valence-electron chi connectivity index (χ1n) is 14.2. The van der Waals surface area contributed by atoms with Crippen LogP contribution in [0.1, 0.15) is 62.8 Å². The molecule has 1 aliphatic carbocycles. The van der Waals surface area contributed by atoms with Crippen LogP contribution in [-0.2, 0) is 29.9 Å². The molecule has 7 rings (SSSR count). The maximum Gasteiger partial charge on any atom is 0.269 e. The summed E-state index contributed by atoms with van der Waals surface area (Å²) in [7, 11) is 1.12. The van der Waals surface area contributed by atoms with Gasteiger partial charge in [0.15, 0.2) is 11.5 Å². The van der Waals surface area contributed by atoms with Crippen LogP contribution in [0, 0.1) is 0 Å². The van der Waals surface area contributed by atoms with Gasteiger partial charge in [0.25, 0.3) is 11.8 Å². The highest BCUT2D eigenvalue weighted by atomic mass is 32.2. The Balaban J connectivity index is 1.05. The van der Waals surface area contributed by atoms with E-state index in [1.165, 1.54) is 0 Å². The minimum absolute atomic E-state index is 0.0187. The summed E-state index contributed by atoms with van der Waals surface area (Å²) >= 11 is 0. The molecule has 1 aromatic heterocycles. The molecule has 2 aromatic carbocycles. The zero-order valence-corrected chi connectivity index (χ0v) is 25.1. The van der Waals surface area contributed by atoms with Gasteiger partial charge in [-0.25, -0.2) is 4.31 Å². The number of piperazine rings is 1. The van der Waals surface area contributed by atoms with Gasteiger partial charge in [0.2, 0.25) is 0 Å². The van der Waals surface area contributed by atoms with E-state index in [9.17, 15) is 13.8 Å². The van der Waals surface area contributed by atoms with E-state index in [1.807, 2.05) is 57.7 Å². The number of carbonyl (C=O) groups is 2. The Morgan fingerprint density at radius 3 is 2.48 bits per heavy atom. The van der Waals surface area contributed by atoms with Crippen molar-refractivity contribution >= 4 is 27.4 Å². The summed E-state index contributed by atoms with van der Waals surface area (Å²) in [6.07, 6.45) is 4.89. The number of hydrogen-bond donors (Lipinski definition) is 1. The molecule has 0 radical (unpaired) electrons. The van der Waals surface area contributed by atoms with Crippen molar-refractivity contribution in [2.24, 2.45) is 7.05 Å². The summed E-state index contributed by atoms with van der Waals surface area (Å²) in [6.45, 7) is 1.71. The lowest BCUT2D eigenvalue weighted by Gasteiger charge is -2.56. The van der Waals surface area contributed by atoms with Crippen molar-refractivity contribution in [2.75, 3.05) is 26.5 Å². The van der Waals surface area contributed by atoms with Gasteiger partial charge in [0.05, 0.1) is 12.8 Å². The summed E-state index contributed by atoms with van der Waals surface area (Å²) in [4.78, 5) is 27.8. The van der Waals surface area contributed by atoms with E-state index in [0.29, 0.717) is 41.8 Å². The van der Waals surface area contributed by atoms with Gasteiger partial charge in [-0.1, -0.05) is 24.3 Å². The van der Waals surface area contributed by atoms with Gasteiger partial charge < -0.3 is 19.7 Å². The van der Waals surface area contributed by atoms with E-state index in [4.69, 9.17) is 9.47 Å². The highest BCUT2D eigenvalue weighted by Gasteiger charge is 2.48. The number of methoxy groups -OCH3 is 1. The van der Waals surface area contributed by atoms with Crippen LogP contribution >= 0.6 is 0 Å². The summed E-state index contributed by atoms with van der Waals surface area (Å²) in [5.74, 6) is 5.21. The topological polar surface area (TPSA) is 106 Å². The number of aromatic nitrogens is 2. The second-order valence-electron chi connectivity index (χ2n) is 11.5. The van der Waals surface area contributed by atoms with Crippen LogP contribution in [0.5, 0.6) is 11.5 Å². The van der Waals surface area contributed by atoms with Crippen LogP contribution in [0.4, 0.5) is 0 Å². The number of rotatable bonds is 10. The molecule has 1 saturated carbocycles. The minimum Gasteiger partial charge on any atom is -0.493 e. The van der Waals surface area contributed by atoms with Crippen LogP contribution in [0.15, 0.2) is 48.5 Å². The lowest BCUT2D eigenvalue weighted by Crippen LogP contribution is -2.70. The molecule has 3 aromatic rings. The smallest absolute Gasteiger partial charge is 0.269 e. The van der Waals surface area contributed by atoms with Crippen LogP contribution in [-0.4, -0.2) is 79.4 Å². The molecule has 4 aliphatic rings. The predicted molar refractivity (Wildman–Crippen MR) is 161 cm³/mol. The summed E-state index contributed by atoms with van der Waals surface area (Å²) in [6, 6.07) is 15.1. The van der Waals surface area contributed by atoms with Gasteiger partial charge in [-0.05, 0) is 55.0 Å². The van der Waals surface area contributed by atoms with E-state index in [2.05, 4.69) is 16.3 Å². The second-order valence-corrected chi connectivity index (χ2v) is 13.9. The fraction of sp³-hybridized carbons (Fsp3) is 0.419. The largest absolute Gasteiger partial charge is 0.493 e. The van der Waals surface area contributed by atoms with Crippen molar-refractivity contribution in [3.8, 4) is 11.5 Å². The average Bonchev–Trinajstić information content (AvgIpc) is 3.74. The Kier molecular flexibility index (Phi) is 7.48. The lowest BCUT2D eigenvalue weighted by molar-refractivity contribution is 0.00122. The van der Waals surface area contributed by atoms with Gasteiger partial charge in [-0.3, -0.25) is 18.5 Å². The molecular weight excluding hydrogens is 554 g/mol. The summed E-state index contributed by atoms with van der Waals surface area (Å²) in [5.41, 5.74) is 3.83. The number of fused-ring (bicyclic) bond motifs is 2. The summed E-state index contributed by atoms with van der Waals surface area (Å²) in [5, 5.41) is 7.45. The molecule has 2 bridgehead atoms. The number of benzene rings is 2. The predicted octanol–water partition coefficient (Wildman–Crippen LogP) is 2.98. The molecule has 11 heteroatoms. The Morgan fingerprint density at radius 1 is 1.12 bits per heavy atom. The van der Waals surface area contributed by atoms with Crippen molar-refractivity contribution in [1.29, 1.82) is 0 Å². The molecule has 10 nitrogen and oxygen atoms in total. The number of amides is 2. The molecule has 3 saturated heterocycles. The maximum absolute atomic E-state index is 13.1. The Bertz CT molecular complexity index is 1600. The number of para-hydroxylation sites is 1. The van der Waals surface area contributed by atoms with Crippen LogP contribution in [0.3, 0.4) is 0 Å². The number of nitrogens with one attached hydrogen (secondary N) is 1. The SMILES string of the molecule is C=S(C)(=O)N1C2CC1CN(C(=O)c1ccc(COc3cccc(CNC(=O)c4cc(C5CC5)nn4C)c3OC)cc1)C2. The molecule has 2 amide bonds. The Labute approximate surface area is 246 Å². The zero-order valence-electron chi connectivity index (χ0n) is 24.2. The lowest BCUT2D eigenvalue weighted by atomic mass is 9.90. The fourth-order valence-corrected chi connectivity index (χ4v) is 7.62. The van der Waals surface area contributed by atoms with Gasteiger partial charge in [0.1, 0.15) is 12.3 Å².